The van der Waals surface area contributed by atoms with Crippen LogP contribution >= 0.6 is 0 Å². The average Bonchev–Trinajstić information content (AvgIpc) is 2.46. The molecule has 0 radical (unpaired) electrons. The van der Waals surface area contributed by atoms with Crippen LogP contribution in [0, 0.1) is 0 Å². The van der Waals surface area contributed by atoms with Crippen molar-refractivity contribution < 1.29 is 0 Å². The van der Waals surface area contributed by atoms with Gasteiger partial charge in [-0.25, -0.2) is 0 Å². The molecule has 0 saturated heterocycles. The standard InChI is InChI=1S/C17H25N3/c1-2-3-4-5-6-7-11-19-16-10-12-20-17-13-14(18)8-9-15(16)17/h8-10,12-13H,2-7,11,18H2,1H3,(H,19,20). The maximum Gasteiger partial charge on any atom is 0.0743 e. The zero-order valence-corrected chi connectivity index (χ0v) is 12.4. The Bertz CT molecular complexity index is 537. The third kappa shape index (κ3) is 4.12. The normalized spacial score (nSPS) is 10.8. The van der Waals surface area contributed by atoms with Gasteiger partial charge in [0.25, 0.3) is 0 Å². The highest BCUT2D eigenvalue weighted by Crippen LogP contribution is 2.23. The number of benzene rings is 1. The van der Waals surface area contributed by atoms with Crippen molar-refractivity contribution >= 4 is 22.3 Å². The third-order valence-corrected chi connectivity index (χ3v) is 3.61. The van der Waals surface area contributed by atoms with Crippen molar-refractivity contribution in [3.8, 4) is 0 Å². The Morgan fingerprint density at radius 2 is 1.85 bits per heavy atom. The molecule has 20 heavy (non-hydrogen) atoms. The van der Waals surface area contributed by atoms with Crippen molar-refractivity contribution in [1.82, 2.24) is 4.98 Å². The van der Waals surface area contributed by atoms with E-state index < -0.39 is 0 Å². The van der Waals surface area contributed by atoms with Crippen LogP contribution in [0.25, 0.3) is 10.9 Å². The van der Waals surface area contributed by atoms with Crippen LogP contribution in [0.15, 0.2) is 30.5 Å². The smallest absolute Gasteiger partial charge is 0.0743 e. The number of hydrogen-bond acceptors (Lipinski definition) is 3. The Hall–Kier alpha value is -1.77. The summed E-state index contributed by atoms with van der Waals surface area (Å²) in [6, 6.07) is 7.93. The summed E-state index contributed by atoms with van der Waals surface area (Å²) in [5.74, 6) is 0. The molecule has 1 heterocycles. The number of nitrogens with one attached hydrogen (secondary N) is 1. The Kier molecular flexibility index (Phi) is 5.66. The lowest BCUT2D eigenvalue weighted by molar-refractivity contribution is 0.617. The lowest BCUT2D eigenvalue weighted by atomic mass is 10.1. The van der Waals surface area contributed by atoms with Crippen molar-refractivity contribution in [3.63, 3.8) is 0 Å². The minimum atomic E-state index is 0.762. The molecule has 1 aromatic carbocycles. The van der Waals surface area contributed by atoms with Gasteiger partial charge in [-0.15, -0.1) is 0 Å². The van der Waals surface area contributed by atoms with Crippen LogP contribution < -0.4 is 11.1 Å². The van der Waals surface area contributed by atoms with Gasteiger partial charge in [0.05, 0.1) is 5.52 Å². The zero-order valence-electron chi connectivity index (χ0n) is 12.4. The van der Waals surface area contributed by atoms with Crippen LogP contribution in [0.1, 0.15) is 45.4 Å². The first kappa shape index (κ1) is 14.6. The fraction of sp³-hybridized carbons (Fsp3) is 0.471. The van der Waals surface area contributed by atoms with E-state index in [4.69, 9.17) is 5.73 Å². The SMILES string of the molecule is CCCCCCCCNc1ccnc2cc(N)ccc12. The van der Waals surface area contributed by atoms with E-state index in [0.29, 0.717) is 0 Å². The molecule has 0 saturated carbocycles. The van der Waals surface area contributed by atoms with E-state index in [9.17, 15) is 0 Å². The molecule has 0 aliphatic rings. The molecule has 0 amide bonds. The number of anilines is 2. The van der Waals surface area contributed by atoms with E-state index in [-0.39, 0.29) is 0 Å². The first-order valence-electron chi connectivity index (χ1n) is 7.69. The molecule has 0 unspecified atom stereocenters. The molecule has 0 aliphatic heterocycles. The van der Waals surface area contributed by atoms with Crippen molar-refractivity contribution in [1.29, 1.82) is 0 Å². The van der Waals surface area contributed by atoms with Gasteiger partial charge in [-0.3, -0.25) is 4.98 Å². The fourth-order valence-electron chi connectivity index (χ4n) is 2.45. The summed E-state index contributed by atoms with van der Waals surface area (Å²) in [7, 11) is 0. The third-order valence-electron chi connectivity index (χ3n) is 3.61. The van der Waals surface area contributed by atoms with Gasteiger partial charge in [-0.05, 0) is 30.7 Å². The molecular weight excluding hydrogens is 246 g/mol. The molecule has 3 N–H and O–H groups in total. The Labute approximate surface area is 121 Å². The number of rotatable bonds is 8. The number of pyridine rings is 1. The number of hydrogen-bond donors (Lipinski definition) is 2. The second kappa shape index (κ2) is 7.73. The molecule has 0 fully saturated rings. The number of unbranched alkanes of at least 4 members (excludes halogenated alkanes) is 5. The highest BCUT2D eigenvalue weighted by Gasteiger charge is 2.01. The van der Waals surface area contributed by atoms with Crippen LogP contribution in [0.2, 0.25) is 0 Å². The van der Waals surface area contributed by atoms with Crippen molar-refractivity contribution in [2.45, 2.75) is 45.4 Å². The van der Waals surface area contributed by atoms with Crippen molar-refractivity contribution in [2.75, 3.05) is 17.6 Å². The summed E-state index contributed by atoms with van der Waals surface area (Å²) < 4.78 is 0. The predicted octanol–water partition coefficient (Wildman–Crippen LogP) is 4.59. The Morgan fingerprint density at radius 3 is 2.70 bits per heavy atom. The summed E-state index contributed by atoms with van der Waals surface area (Å²) >= 11 is 0. The quantitative estimate of drug-likeness (QED) is 0.545. The van der Waals surface area contributed by atoms with Crippen LogP contribution in [0.5, 0.6) is 0 Å². The summed E-state index contributed by atoms with van der Waals surface area (Å²) in [4.78, 5) is 4.36. The maximum atomic E-state index is 5.79. The van der Waals surface area contributed by atoms with Crippen LogP contribution in [-0.2, 0) is 0 Å². The molecule has 0 atom stereocenters. The number of nitrogens with two attached hydrogens (primary N) is 1. The summed E-state index contributed by atoms with van der Waals surface area (Å²) in [6.07, 6.45) is 9.77. The second-order valence-electron chi connectivity index (χ2n) is 5.33. The van der Waals surface area contributed by atoms with E-state index in [1.165, 1.54) is 38.5 Å². The minimum Gasteiger partial charge on any atom is -0.399 e. The van der Waals surface area contributed by atoms with Crippen molar-refractivity contribution in [2.24, 2.45) is 0 Å². The predicted molar refractivity (Wildman–Crippen MR) is 88.0 cm³/mol. The highest BCUT2D eigenvalue weighted by atomic mass is 14.9. The summed E-state index contributed by atoms with van der Waals surface area (Å²) in [5, 5.41) is 4.66. The van der Waals surface area contributed by atoms with Crippen LogP contribution in [0.4, 0.5) is 11.4 Å². The molecule has 3 heteroatoms. The number of nitrogen functional groups attached to an aromatic ring is 1. The first-order valence-corrected chi connectivity index (χ1v) is 7.69. The largest absolute Gasteiger partial charge is 0.399 e. The number of nitrogens with zero attached hydrogens (tertiary/aromatic N) is 1. The average molecular weight is 271 g/mol. The summed E-state index contributed by atoms with van der Waals surface area (Å²) in [6.45, 7) is 3.28. The first-order chi connectivity index (χ1) is 9.81. The number of fused-ring (bicyclic) bond motifs is 1. The van der Waals surface area contributed by atoms with Gasteiger partial charge in [0.1, 0.15) is 0 Å². The van der Waals surface area contributed by atoms with E-state index in [0.717, 1.165) is 28.8 Å². The monoisotopic (exact) mass is 271 g/mol. The van der Waals surface area contributed by atoms with Gasteiger partial charge in [-0.2, -0.15) is 0 Å². The van der Waals surface area contributed by atoms with E-state index in [1.54, 1.807) is 0 Å². The van der Waals surface area contributed by atoms with E-state index in [2.05, 4.69) is 17.2 Å². The van der Waals surface area contributed by atoms with E-state index in [1.807, 2.05) is 30.5 Å². The molecule has 2 rings (SSSR count). The maximum absolute atomic E-state index is 5.79. The van der Waals surface area contributed by atoms with Crippen LogP contribution in [-0.4, -0.2) is 11.5 Å². The molecular formula is C17H25N3. The number of aromatic nitrogens is 1. The molecule has 0 aliphatic carbocycles. The zero-order chi connectivity index (χ0) is 14.2. The van der Waals surface area contributed by atoms with Gasteiger partial charge in [0, 0.05) is 29.5 Å². The molecule has 0 spiro atoms. The topological polar surface area (TPSA) is 50.9 Å². The minimum absolute atomic E-state index is 0.762. The summed E-state index contributed by atoms with van der Waals surface area (Å²) in [5.41, 5.74) is 8.67. The van der Waals surface area contributed by atoms with Gasteiger partial charge in [0.2, 0.25) is 0 Å². The fourth-order valence-corrected chi connectivity index (χ4v) is 2.45. The van der Waals surface area contributed by atoms with Crippen molar-refractivity contribution in [3.05, 3.63) is 30.5 Å². The van der Waals surface area contributed by atoms with Crippen LogP contribution in [0.3, 0.4) is 0 Å². The highest BCUT2D eigenvalue weighted by molar-refractivity contribution is 5.92. The molecule has 0 bridgehead atoms. The van der Waals surface area contributed by atoms with Gasteiger partial charge in [-0.1, -0.05) is 39.0 Å². The van der Waals surface area contributed by atoms with Gasteiger partial charge >= 0.3 is 0 Å². The lowest BCUT2D eigenvalue weighted by Gasteiger charge is -2.09. The van der Waals surface area contributed by atoms with Gasteiger partial charge < -0.3 is 11.1 Å². The lowest BCUT2D eigenvalue weighted by Crippen LogP contribution is -2.02. The van der Waals surface area contributed by atoms with Gasteiger partial charge in [0.15, 0.2) is 0 Å². The second-order valence-corrected chi connectivity index (χ2v) is 5.33. The molecule has 108 valence electrons. The Morgan fingerprint density at radius 1 is 1.05 bits per heavy atom. The molecule has 2 aromatic rings. The van der Waals surface area contributed by atoms with E-state index >= 15 is 0 Å². The molecule has 3 nitrogen and oxygen atoms in total. The molecule has 1 aromatic heterocycles. The Balaban J connectivity index is 1.84.